The molecule has 1 N–H and O–H groups in total. The summed E-state index contributed by atoms with van der Waals surface area (Å²) in [5, 5.41) is 12.1. The van der Waals surface area contributed by atoms with Crippen LogP contribution in [0, 0.1) is 24.1 Å². The van der Waals surface area contributed by atoms with Crippen LogP contribution in [0.4, 0.5) is 15.8 Å². The molecule has 0 bridgehead atoms. The zero-order valence-corrected chi connectivity index (χ0v) is 11.3. The summed E-state index contributed by atoms with van der Waals surface area (Å²) in [6.07, 6.45) is 0. The summed E-state index contributed by atoms with van der Waals surface area (Å²) in [6, 6.07) is 11.8. The maximum Gasteiger partial charge on any atom is 0.124 e. The molecule has 4 heteroatoms. The van der Waals surface area contributed by atoms with Gasteiger partial charge in [0.2, 0.25) is 0 Å². The van der Waals surface area contributed by atoms with Crippen molar-refractivity contribution in [3.8, 4) is 6.07 Å². The third kappa shape index (κ3) is 2.69. The number of nitrogens with zero attached hydrogens (tertiary/aromatic N) is 1. The van der Waals surface area contributed by atoms with Crippen molar-refractivity contribution in [1.29, 1.82) is 5.26 Å². The number of hydrogen-bond acceptors (Lipinski definition) is 2. The fourth-order valence-corrected chi connectivity index (χ4v) is 1.84. The zero-order valence-electron chi connectivity index (χ0n) is 9.67. The first-order valence-corrected chi connectivity index (χ1v) is 6.12. The number of halogens is 2. The van der Waals surface area contributed by atoms with E-state index in [9.17, 15) is 4.39 Å². The van der Waals surface area contributed by atoms with E-state index in [1.807, 2.05) is 31.2 Å². The van der Waals surface area contributed by atoms with Crippen LogP contribution in [0.1, 0.15) is 11.1 Å². The quantitative estimate of drug-likeness (QED) is 0.886. The molecule has 0 spiro atoms. The van der Waals surface area contributed by atoms with E-state index in [0.29, 0.717) is 5.69 Å². The Bertz CT molecular complexity index is 632. The summed E-state index contributed by atoms with van der Waals surface area (Å²) in [5.74, 6) is -0.413. The standard InChI is InChI=1S/C14H10BrFN2/c1-9-6-12(3-4-13(9)15)18-14-5-2-11(16)7-10(14)8-17/h2-7,18H,1H3. The lowest BCUT2D eigenvalue weighted by molar-refractivity contribution is 0.627. The molecule has 2 aromatic carbocycles. The van der Waals surface area contributed by atoms with Crippen LogP contribution in [0.25, 0.3) is 0 Å². The number of rotatable bonds is 2. The molecular formula is C14H10BrFN2. The molecule has 0 unspecified atom stereocenters. The molecule has 0 aliphatic rings. The fourth-order valence-electron chi connectivity index (χ4n) is 1.60. The Morgan fingerprint density at radius 1 is 1.22 bits per heavy atom. The summed E-state index contributed by atoms with van der Waals surface area (Å²) < 4.78 is 14.0. The summed E-state index contributed by atoms with van der Waals surface area (Å²) in [7, 11) is 0. The Morgan fingerprint density at radius 3 is 2.67 bits per heavy atom. The van der Waals surface area contributed by atoms with Gasteiger partial charge in [0, 0.05) is 10.2 Å². The third-order valence-electron chi connectivity index (χ3n) is 2.54. The monoisotopic (exact) mass is 304 g/mol. The minimum atomic E-state index is -0.413. The van der Waals surface area contributed by atoms with Crippen LogP contribution in [0.3, 0.4) is 0 Å². The normalized spacial score (nSPS) is 9.89. The lowest BCUT2D eigenvalue weighted by atomic mass is 10.1. The van der Waals surface area contributed by atoms with E-state index in [4.69, 9.17) is 5.26 Å². The average Bonchev–Trinajstić information content (AvgIpc) is 2.36. The van der Waals surface area contributed by atoms with E-state index in [2.05, 4.69) is 21.2 Å². The lowest BCUT2D eigenvalue weighted by Crippen LogP contribution is -1.95. The molecule has 0 saturated heterocycles. The van der Waals surface area contributed by atoms with Crippen molar-refractivity contribution in [2.24, 2.45) is 0 Å². The molecule has 0 aliphatic heterocycles. The minimum absolute atomic E-state index is 0.288. The van der Waals surface area contributed by atoms with Gasteiger partial charge in [-0.05, 0) is 48.9 Å². The largest absolute Gasteiger partial charge is 0.354 e. The molecule has 0 aromatic heterocycles. The number of aryl methyl sites for hydroxylation is 1. The summed E-state index contributed by atoms with van der Waals surface area (Å²) in [5.41, 5.74) is 2.83. The van der Waals surface area contributed by atoms with Gasteiger partial charge in [-0.15, -0.1) is 0 Å². The smallest absolute Gasteiger partial charge is 0.124 e. The molecule has 0 amide bonds. The second-order valence-corrected chi connectivity index (χ2v) is 4.75. The minimum Gasteiger partial charge on any atom is -0.354 e. The second-order valence-electron chi connectivity index (χ2n) is 3.89. The van der Waals surface area contributed by atoms with Crippen LogP contribution < -0.4 is 5.32 Å². The molecule has 2 aromatic rings. The summed E-state index contributed by atoms with van der Waals surface area (Å²) in [4.78, 5) is 0. The van der Waals surface area contributed by atoms with Gasteiger partial charge in [-0.25, -0.2) is 4.39 Å². The van der Waals surface area contributed by atoms with Crippen LogP contribution in [0.5, 0.6) is 0 Å². The predicted molar refractivity (Wildman–Crippen MR) is 73.3 cm³/mol. The van der Waals surface area contributed by atoms with E-state index in [1.54, 1.807) is 6.07 Å². The Morgan fingerprint density at radius 2 is 2.00 bits per heavy atom. The van der Waals surface area contributed by atoms with E-state index < -0.39 is 5.82 Å². The maximum absolute atomic E-state index is 13.0. The predicted octanol–water partition coefficient (Wildman–Crippen LogP) is 4.51. The first-order chi connectivity index (χ1) is 8.60. The highest BCUT2D eigenvalue weighted by Crippen LogP contribution is 2.25. The third-order valence-corrected chi connectivity index (χ3v) is 3.43. The first kappa shape index (κ1) is 12.6. The molecule has 18 heavy (non-hydrogen) atoms. The molecule has 0 radical (unpaired) electrons. The number of benzene rings is 2. The van der Waals surface area contributed by atoms with Gasteiger partial charge in [0.05, 0.1) is 11.3 Å². The Labute approximate surface area is 113 Å². The topological polar surface area (TPSA) is 35.8 Å². The molecule has 0 saturated carbocycles. The Kier molecular flexibility index (Phi) is 3.63. The van der Waals surface area contributed by atoms with E-state index in [0.717, 1.165) is 15.7 Å². The highest BCUT2D eigenvalue weighted by molar-refractivity contribution is 9.10. The van der Waals surface area contributed by atoms with Crippen molar-refractivity contribution in [3.05, 3.63) is 57.8 Å². The van der Waals surface area contributed by atoms with Gasteiger partial charge in [0.25, 0.3) is 0 Å². The number of nitriles is 1. The van der Waals surface area contributed by atoms with Gasteiger partial charge in [-0.2, -0.15) is 5.26 Å². The summed E-state index contributed by atoms with van der Waals surface area (Å²) in [6.45, 7) is 1.98. The van der Waals surface area contributed by atoms with Crippen LogP contribution in [-0.4, -0.2) is 0 Å². The SMILES string of the molecule is Cc1cc(Nc2ccc(F)cc2C#N)ccc1Br. The van der Waals surface area contributed by atoms with Gasteiger partial charge in [-0.1, -0.05) is 15.9 Å². The highest BCUT2D eigenvalue weighted by atomic mass is 79.9. The van der Waals surface area contributed by atoms with Crippen LogP contribution in [0.2, 0.25) is 0 Å². The molecule has 0 atom stereocenters. The van der Waals surface area contributed by atoms with Crippen molar-refractivity contribution >= 4 is 27.3 Å². The Hall–Kier alpha value is -1.86. The van der Waals surface area contributed by atoms with Gasteiger partial charge in [0.1, 0.15) is 11.9 Å². The molecule has 90 valence electrons. The van der Waals surface area contributed by atoms with E-state index in [1.165, 1.54) is 12.1 Å². The van der Waals surface area contributed by atoms with Crippen molar-refractivity contribution in [1.82, 2.24) is 0 Å². The number of nitrogens with one attached hydrogen (secondary N) is 1. The number of hydrogen-bond donors (Lipinski definition) is 1. The molecule has 2 nitrogen and oxygen atoms in total. The van der Waals surface area contributed by atoms with Crippen molar-refractivity contribution in [2.45, 2.75) is 6.92 Å². The van der Waals surface area contributed by atoms with Crippen LogP contribution in [-0.2, 0) is 0 Å². The molecule has 0 fully saturated rings. The van der Waals surface area contributed by atoms with E-state index >= 15 is 0 Å². The van der Waals surface area contributed by atoms with Crippen molar-refractivity contribution in [2.75, 3.05) is 5.32 Å². The van der Waals surface area contributed by atoms with Gasteiger partial charge in [-0.3, -0.25) is 0 Å². The van der Waals surface area contributed by atoms with Crippen molar-refractivity contribution in [3.63, 3.8) is 0 Å². The van der Waals surface area contributed by atoms with Gasteiger partial charge in [0.15, 0.2) is 0 Å². The second kappa shape index (κ2) is 5.19. The lowest BCUT2D eigenvalue weighted by Gasteiger charge is -2.09. The average molecular weight is 305 g/mol. The van der Waals surface area contributed by atoms with Gasteiger partial charge < -0.3 is 5.32 Å². The zero-order chi connectivity index (χ0) is 13.1. The highest BCUT2D eigenvalue weighted by Gasteiger charge is 2.04. The molecular weight excluding hydrogens is 295 g/mol. The molecule has 2 rings (SSSR count). The maximum atomic E-state index is 13.0. The van der Waals surface area contributed by atoms with E-state index in [-0.39, 0.29) is 5.56 Å². The summed E-state index contributed by atoms with van der Waals surface area (Å²) >= 11 is 3.42. The van der Waals surface area contributed by atoms with Crippen LogP contribution in [0.15, 0.2) is 40.9 Å². The number of anilines is 2. The fraction of sp³-hybridized carbons (Fsp3) is 0.0714. The molecule has 0 aliphatic carbocycles. The Balaban J connectivity index is 2.34. The molecule has 0 heterocycles. The van der Waals surface area contributed by atoms with Gasteiger partial charge >= 0.3 is 0 Å². The van der Waals surface area contributed by atoms with Crippen LogP contribution >= 0.6 is 15.9 Å². The first-order valence-electron chi connectivity index (χ1n) is 5.33. The van der Waals surface area contributed by atoms with Crippen molar-refractivity contribution < 1.29 is 4.39 Å².